The standard InChI is InChI=1S/C20H20F3IN4O/c21-20(22,23)11-1-3-13(4-2-11)27-17-8-14(28-6-5-12(25)10-28)7-15-16(24)9-26-19(29)18(15)17/h1-4,7-9,12,19,26-27,29H,5-6,10,25H2/t12?,19-/m1/s1. The van der Waals surface area contributed by atoms with Crippen molar-refractivity contribution in [2.24, 2.45) is 5.73 Å². The molecule has 0 radical (unpaired) electrons. The van der Waals surface area contributed by atoms with Gasteiger partial charge in [-0.25, -0.2) is 0 Å². The lowest BCUT2D eigenvalue weighted by molar-refractivity contribution is -0.137. The molecule has 0 amide bonds. The van der Waals surface area contributed by atoms with Crippen LogP contribution in [0.1, 0.15) is 29.3 Å². The van der Waals surface area contributed by atoms with Gasteiger partial charge >= 0.3 is 6.18 Å². The predicted molar refractivity (Wildman–Crippen MR) is 116 cm³/mol. The molecule has 0 spiro atoms. The monoisotopic (exact) mass is 516 g/mol. The number of halogens is 4. The van der Waals surface area contributed by atoms with Gasteiger partial charge in [0.05, 0.1) is 5.56 Å². The fourth-order valence-electron chi connectivity index (χ4n) is 3.65. The van der Waals surface area contributed by atoms with Gasteiger partial charge < -0.3 is 26.4 Å². The molecule has 29 heavy (non-hydrogen) atoms. The Morgan fingerprint density at radius 3 is 2.55 bits per heavy atom. The van der Waals surface area contributed by atoms with E-state index in [1.54, 1.807) is 6.20 Å². The molecule has 2 aromatic carbocycles. The maximum absolute atomic E-state index is 12.8. The van der Waals surface area contributed by atoms with Crippen LogP contribution in [0.5, 0.6) is 0 Å². The molecule has 0 bridgehead atoms. The molecule has 5 nitrogen and oxygen atoms in total. The van der Waals surface area contributed by atoms with E-state index >= 15 is 0 Å². The zero-order chi connectivity index (χ0) is 20.8. The molecule has 0 aromatic heterocycles. The average Bonchev–Trinajstić information content (AvgIpc) is 3.10. The van der Waals surface area contributed by atoms with Gasteiger partial charge in [-0.05, 0) is 65.4 Å². The summed E-state index contributed by atoms with van der Waals surface area (Å²) in [6.07, 6.45) is -2.66. The zero-order valence-corrected chi connectivity index (χ0v) is 17.5. The summed E-state index contributed by atoms with van der Waals surface area (Å²) in [6, 6.07) is 8.89. The zero-order valence-electron chi connectivity index (χ0n) is 15.3. The summed E-state index contributed by atoms with van der Waals surface area (Å²) >= 11 is 2.19. The van der Waals surface area contributed by atoms with Crippen LogP contribution in [0.4, 0.5) is 30.2 Å². The van der Waals surface area contributed by atoms with Crippen LogP contribution in [0.15, 0.2) is 42.6 Å². The number of alkyl halides is 3. The van der Waals surface area contributed by atoms with Crippen LogP contribution in [-0.2, 0) is 6.18 Å². The van der Waals surface area contributed by atoms with E-state index in [-0.39, 0.29) is 6.04 Å². The van der Waals surface area contributed by atoms with Crippen molar-refractivity contribution in [2.75, 3.05) is 23.3 Å². The van der Waals surface area contributed by atoms with E-state index in [9.17, 15) is 18.3 Å². The normalized spacial score (nSPS) is 21.4. The summed E-state index contributed by atoms with van der Waals surface area (Å²) in [5.74, 6) is 0. The highest BCUT2D eigenvalue weighted by Gasteiger charge is 2.30. The van der Waals surface area contributed by atoms with Crippen LogP contribution < -0.4 is 21.3 Å². The maximum atomic E-state index is 12.8. The number of fused-ring (bicyclic) bond motifs is 1. The smallest absolute Gasteiger partial charge is 0.370 e. The summed E-state index contributed by atoms with van der Waals surface area (Å²) in [5.41, 5.74) is 8.99. The highest BCUT2D eigenvalue weighted by molar-refractivity contribution is 14.1. The number of aliphatic hydroxyl groups excluding tert-OH is 1. The average molecular weight is 516 g/mol. The Labute approximate surface area is 179 Å². The Balaban J connectivity index is 1.73. The van der Waals surface area contributed by atoms with Crippen molar-refractivity contribution in [3.63, 3.8) is 0 Å². The molecule has 1 saturated heterocycles. The highest BCUT2D eigenvalue weighted by Crippen LogP contribution is 2.41. The molecule has 9 heteroatoms. The maximum Gasteiger partial charge on any atom is 0.416 e. The first-order chi connectivity index (χ1) is 13.7. The number of hydrogen-bond acceptors (Lipinski definition) is 5. The molecule has 2 heterocycles. The van der Waals surface area contributed by atoms with E-state index in [1.807, 2.05) is 12.1 Å². The molecule has 154 valence electrons. The van der Waals surface area contributed by atoms with Crippen molar-refractivity contribution in [1.82, 2.24) is 5.32 Å². The third-order valence-corrected chi connectivity index (χ3v) is 6.04. The second-order valence-electron chi connectivity index (χ2n) is 7.21. The Morgan fingerprint density at radius 2 is 1.93 bits per heavy atom. The number of nitrogens with two attached hydrogens (primary N) is 1. The first-order valence-corrected chi connectivity index (χ1v) is 10.2. The summed E-state index contributed by atoms with van der Waals surface area (Å²) < 4.78 is 39.4. The van der Waals surface area contributed by atoms with Crippen molar-refractivity contribution < 1.29 is 18.3 Å². The number of anilines is 3. The van der Waals surface area contributed by atoms with E-state index in [0.29, 0.717) is 16.9 Å². The van der Waals surface area contributed by atoms with Gasteiger partial charge in [-0.15, -0.1) is 0 Å². The second-order valence-corrected chi connectivity index (χ2v) is 8.37. The minimum Gasteiger partial charge on any atom is -0.370 e. The van der Waals surface area contributed by atoms with E-state index in [1.165, 1.54) is 12.1 Å². The molecule has 2 aliphatic heterocycles. The lowest BCUT2D eigenvalue weighted by Crippen LogP contribution is -2.27. The van der Waals surface area contributed by atoms with Gasteiger partial charge in [0.2, 0.25) is 0 Å². The molecule has 1 unspecified atom stereocenters. The van der Waals surface area contributed by atoms with Crippen LogP contribution in [0.2, 0.25) is 0 Å². The van der Waals surface area contributed by atoms with Gasteiger partial charge in [-0.2, -0.15) is 13.2 Å². The Bertz CT molecular complexity index is 946. The third-order valence-electron chi connectivity index (χ3n) is 5.14. The minimum atomic E-state index is -4.38. The second kappa shape index (κ2) is 7.69. The van der Waals surface area contributed by atoms with Gasteiger partial charge in [0.15, 0.2) is 6.23 Å². The van der Waals surface area contributed by atoms with Crippen LogP contribution in [0.3, 0.4) is 0 Å². The van der Waals surface area contributed by atoms with Crippen molar-refractivity contribution in [3.8, 4) is 0 Å². The molecule has 0 saturated carbocycles. The third kappa shape index (κ3) is 4.17. The number of nitrogens with zero attached hydrogens (tertiary/aromatic N) is 1. The van der Waals surface area contributed by atoms with E-state index in [0.717, 1.165) is 46.5 Å². The van der Waals surface area contributed by atoms with Gasteiger partial charge in [-0.1, -0.05) is 0 Å². The van der Waals surface area contributed by atoms with Crippen LogP contribution >= 0.6 is 22.6 Å². The van der Waals surface area contributed by atoms with Gasteiger partial charge in [-0.3, -0.25) is 0 Å². The fraction of sp³-hybridized carbons (Fsp3) is 0.300. The van der Waals surface area contributed by atoms with Crippen LogP contribution in [-0.4, -0.2) is 24.2 Å². The summed E-state index contributed by atoms with van der Waals surface area (Å²) in [7, 11) is 0. The lowest BCUT2D eigenvalue weighted by Gasteiger charge is -2.28. The summed E-state index contributed by atoms with van der Waals surface area (Å²) in [5, 5.41) is 16.6. The fourth-order valence-corrected chi connectivity index (χ4v) is 4.28. The molecule has 2 atom stereocenters. The summed E-state index contributed by atoms with van der Waals surface area (Å²) in [4.78, 5) is 2.18. The van der Waals surface area contributed by atoms with Gasteiger partial charge in [0.1, 0.15) is 0 Å². The number of benzene rings is 2. The number of rotatable bonds is 3. The summed E-state index contributed by atoms with van der Waals surface area (Å²) in [6.45, 7) is 1.57. The van der Waals surface area contributed by atoms with E-state index in [4.69, 9.17) is 5.73 Å². The first kappa shape index (κ1) is 20.3. The molecule has 5 N–H and O–H groups in total. The predicted octanol–water partition coefficient (Wildman–Crippen LogP) is 4.31. The van der Waals surface area contributed by atoms with Crippen molar-refractivity contribution in [2.45, 2.75) is 24.9 Å². The Kier molecular flexibility index (Phi) is 5.38. The molecular formula is C20H20F3IN4O. The van der Waals surface area contributed by atoms with E-state index in [2.05, 4.69) is 38.1 Å². The molecule has 0 aliphatic carbocycles. The van der Waals surface area contributed by atoms with Gasteiger partial charge in [0.25, 0.3) is 0 Å². The SMILES string of the molecule is NC1CCN(c2cc(Nc3ccc(C(F)(F)F)cc3)c3c(c2)C(I)=CN[C@@H]3O)C1. The molecule has 4 rings (SSSR count). The van der Waals surface area contributed by atoms with Crippen LogP contribution in [0.25, 0.3) is 3.58 Å². The van der Waals surface area contributed by atoms with E-state index < -0.39 is 18.0 Å². The Hall–Kier alpha value is -1.98. The van der Waals surface area contributed by atoms with Crippen molar-refractivity contribution in [3.05, 3.63) is 59.3 Å². The number of nitrogens with one attached hydrogen (secondary N) is 2. The largest absolute Gasteiger partial charge is 0.416 e. The van der Waals surface area contributed by atoms with Crippen molar-refractivity contribution in [1.29, 1.82) is 0 Å². The lowest BCUT2D eigenvalue weighted by atomic mass is 9.99. The number of aliphatic hydroxyl groups is 1. The number of hydrogen-bond donors (Lipinski definition) is 4. The quantitative estimate of drug-likeness (QED) is 0.458. The first-order valence-electron chi connectivity index (χ1n) is 9.15. The molecule has 2 aromatic rings. The van der Waals surface area contributed by atoms with Crippen LogP contribution in [0, 0.1) is 0 Å². The van der Waals surface area contributed by atoms with Crippen molar-refractivity contribution >= 4 is 43.2 Å². The molecule has 1 fully saturated rings. The van der Waals surface area contributed by atoms with Gasteiger partial charge in [0, 0.05) is 57.1 Å². The minimum absolute atomic E-state index is 0.110. The molecular weight excluding hydrogens is 496 g/mol. The highest BCUT2D eigenvalue weighted by atomic mass is 127. The Morgan fingerprint density at radius 1 is 1.21 bits per heavy atom. The molecule has 2 aliphatic rings. The topological polar surface area (TPSA) is 73.5 Å².